The summed E-state index contributed by atoms with van der Waals surface area (Å²) in [5, 5.41) is 9.33. The molecule has 0 aliphatic carbocycles. The average Bonchev–Trinajstić information content (AvgIpc) is 2.54. The Morgan fingerprint density at radius 1 is 1.30 bits per heavy atom. The maximum atomic E-state index is 13.7. The van der Waals surface area contributed by atoms with E-state index in [0.717, 1.165) is 28.1 Å². The van der Waals surface area contributed by atoms with Gasteiger partial charge in [-0.25, -0.2) is 4.39 Å². The Labute approximate surface area is 136 Å². The van der Waals surface area contributed by atoms with Crippen LogP contribution in [0.3, 0.4) is 0 Å². The van der Waals surface area contributed by atoms with Gasteiger partial charge in [-0.2, -0.15) is 5.26 Å². The lowest BCUT2D eigenvalue weighted by Crippen LogP contribution is -2.21. The van der Waals surface area contributed by atoms with Crippen LogP contribution in [0.5, 0.6) is 0 Å². The predicted molar refractivity (Wildman–Crippen MR) is 93.4 cm³/mol. The van der Waals surface area contributed by atoms with Crippen molar-refractivity contribution in [1.29, 1.82) is 5.26 Å². The molecule has 2 rings (SSSR count). The van der Waals surface area contributed by atoms with Gasteiger partial charge in [-0.3, -0.25) is 0 Å². The van der Waals surface area contributed by atoms with E-state index >= 15 is 0 Å². The Hall–Kier alpha value is -2.86. The van der Waals surface area contributed by atoms with E-state index in [0.29, 0.717) is 12.1 Å². The van der Waals surface area contributed by atoms with Crippen molar-refractivity contribution < 1.29 is 4.39 Å². The van der Waals surface area contributed by atoms with Gasteiger partial charge in [-0.05, 0) is 54.8 Å². The van der Waals surface area contributed by atoms with E-state index in [1.165, 1.54) is 12.1 Å². The maximum absolute atomic E-state index is 13.7. The third-order valence-corrected chi connectivity index (χ3v) is 3.74. The SMILES string of the molecule is C=Cc1ccc(C#N)c(CN(C(=C)C)c2cc(F)ccc2C)c1. The van der Waals surface area contributed by atoms with E-state index in [1.54, 1.807) is 18.2 Å². The number of allylic oxidation sites excluding steroid dienone is 1. The number of nitriles is 1. The average molecular weight is 306 g/mol. The van der Waals surface area contributed by atoms with Gasteiger partial charge in [0.2, 0.25) is 0 Å². The van der Waals surface area contributed by atoms with E-state index < -0.39 is 0 Å². The molecule has 0 atom stereocenters. The molecular weight excluding hydrogens is 287 g/mol. The van der Waals surface area contributed by atoms with Crippen molar-refractivity contribution in [2.75, 3.05) is 4.90 Å². The molecular formula is C20H19FN2. The second-order valence-corrected chi connectivity index (χ2v) is 5.48. The molecule has 0 aliphatic heterocycles. The molecule has 0 N–H and O–H groups in total. The zero-order valence-corrected chi connectivity index (χ0v) is 13.4. The van der Waals surface area contributed by atoms with Gasteiger partial charge in [0.1, 0.15) is 5.82 Å². The molecule has 0 bridgehead atoms. The first-order valence-corrected chi connectivity index (χ1v) is 7.31. The first-order valence-electron chi connectivity index (χ1n) is 7.31. The molecule has 0 aromatic heterocycles. The van der Waals surface area contributed by atoms with E-state index in [-0.39, 0.29) is 5.82 Å². The molecule has 0 fully saturated rings. The van der Waals surface area contributed by atoms with E-state index in [1.807, 2.05) is 30.9 Å². The lowest BCUT2D eigenvalue weighted by atomic mass is 10.0. The summed E-state index contributed by atoms with van der Waals surface area (Å²) in [6, 6.07) is 12.4. The standard InChI is InChI=1S/C20H19FN2/c1-5-16-7-8-17(12-22)18(10-16)13-23(14(2)3)20-11-19(21)9-6-15(20)4/h5-11H,1-2,13H2,3-4H3. The summed E-state index contributed by atoms with van der Waals surface area (Å²) in [6.45, 7) is 12.0. The third-order valence-electron chi connectivity index (χ3n) is 3.74. The number of hydrogen-bond acceptors (Lipinski definition) is 2. The summed E-state index contributed by atoms with van der Waals surface area (Å²) in [4.78, 5) is 1.92. The van der Waals surface area contributed by atoms with E-state index in [2.05, 4.69) is 19.2 Å². The fraction of sp³-hybridized carbons (Fsp3) is 0.150. The van der Waals surface area contributed by atoms with E-state index in [4.69, 9.17) is 0 Å². The van der Waals surface area contributed by atoms with Crippen LogP contribution in [-0.2, 0) is 6.54 Å². The Bertz CT molecular complexity index is 800. The zero-order chi connectivity index (χ0) is 17.0. The molecule has 0 spiro atoms. The molecule has 0 heterocycles. The van der Waals surface area contributed by atoms with Gasteiger partial charge in [0.15, 0.2) is 0 Å². The van der Waals surface area contributed by atoms with Gasteiger partial charge >= 0.3 is 0 Å². The summed E-state index contributed by atoms with van der Waals surface area (Å²) < 4.78 is 13.7. The topological polar surface area (TPSA) is 27.0 Å². The normalized spacial score (nSPS) is 10.0. The third kappa shape index (κ3) is 3.67. The van der Waals surface area contributed by atoms with Crippen LogP contribution in [0.15, 0.2) is 55.3 Å². The minimum absolute atomic E-state index is 0.294. The van der Waals surface area contributed by atoms with E-state index in [9.17, 15) is 9.65 Å². The molecule has 0 aliphatic rings. The van der Waals surface area contributed by atoms with Crippen molar-refractivity contribution in [2.45, 2.75) is 20.4 Å². The Kier molecular flexibility index (Phi) is 4.98. The van der Waals surface area contributed by atoms with Crippen molar-refractivity contribution in [1.82, 2.24) is 0 Å². The smallest absolute Gasteiger partial charge is 0.125 e. The molecule has 2 nitrogen and oxygen atoms in total. The number of nitrogens with zero attached hydrogens (tertiary/aromatic N) is 2. The number of rotatable bonds is 5. The predicted octanol–water partition coefficient (Wildman–Crippen LogP) is 5.19. The minimum Gasteiger partial charge on any atom is -0.341 e. The zero-order valence-electron chi connectivity index (χ0n) is 13.4. The van der Waals surface area contributed by atoms with Crippen LogP contribution in [0, 0.1) is 24.1 Å². The monoisotopic (exact) mass is 306 g/mol. The summed E-state index contributed by atoms with van der Waals surface area (Å²) >= 11 is 0. The van der Waals surface area contributed by atoms with Gasteiger partial charge in [0.05, 0.1) is 11.6 Å². The fourth-order valence-electron chi connectivity index (χ4n) is 2.45. The van der Waals surface area contributed by atoms with Gasteiger partial charge in [-0.15, -0.1) is 0 Å². The summed E-state index contributed by atoms with van der Waals surface area (Å²) in [7, 11) is 0. The molecule has 116 valence electrons. The lowest BCUT2D eigenvalue weighted by molar-refractivity contribution is 0.626. The Balaban J connectivity index is 2.49. The molecule has 0 radical (unpaired) electrons. The summed E-state index contributed by atoms with van der Waals surface area (Å²) in [5.74, 6) is -0.294. The van der Waals surface area contributed by atoms with Crippen molar-refractivity contribution in [3.63, 3.8) is 0 Å². The highest BCUT2D eigenvalue weighted by Gasteiger charge is 2.14. The molecule has 2 aromatic carbocycles. The summed E-state index contributed by atoms with van der Waals surface area (Å²) in [5.41, 5.74) is 4.88. The Morgan fingerprint density at radius 3 is 2.65 bits per heavy atom. The molecule has 3 heteroatoms. The van der Waals surface area contributed by atoms with Crippen molar-refractivity contribution >= 4 is 11.8 Å². The first-order chi connectivity index (χ1) is 11.0. The first kappa shape index (κ1) is 16.5. The molecule has 0 unspecified atom stereocenters. The molecule has 0 saturated carbocycles. The van der Waals surface area contributed by atoms with Crippen molar-refractivity contribution in [2.24, 2.45) is 0 Å². The lowest BCUT2D eigenvalue weighted by Gasteiger charge is -2.27. The molecule has 23 heavy (non-hydrogen) atoms. The quantitative estimate of drug-likeness (QED) is 0.760. The number of benzene rings is 2. The van der Waals surface area contributed by atoms with Crippen molar-refractivity contribution in [3.8, 4) is 6.07 Å². The Morgan fingerprint density at radius 2 is 2.04 bits per heavy atom. The van der Waals surface area contributed by atoms with Gasteiger partial charge < -0.3 is 4.90 Å². The van der Waals surface area contributed by atoms with Crippen molar-refractivity contribution in [3.05, 3.63) is 83.3 Å². The fourth-order valence-corrected chi connectivity index (χ4v) is 2.45. The van der Waals surface area contributed by atoms with Crippen LogP contribution >= 0.6 is 0 Å². The number of aryl methyl sites for hydroxylation is 1. The van der Waals surface area contributed by atoms with Gasteiger partial charge in [0, 0.05) is 17.9 Å². The highest BCUT2D eigenvalue weighted by atomic mass is 19.1. The van der Waals surface area contributed by atoms with Crippen LogP contribution in [0.2, 0.25) is 0 Å². The number of halogens is 1. The highest BCUT2D eigenvalue weighted by Crippen LogP contribution is 2.27. The van der Waals surface area contributed by atoms with Gasteiger partial charge in [0.25, 0.3) is 0 Å². The van der Waals surface area contributed by atoms with Crippen LogP contribution in [-0.4, -0.2) is 0 Å². The summed E-state index contributed by atoms with van der Waals surface area (Å²) in [6.07, 6.45) is 1.74. The molecule has 2 aromatic rings. The molecule has 0 amide bonds. The maximum Gasteiger partial charge on any atom is 0.125 e. The van der Waals surface area contributed by atoms with Crippen LogP contribution in [0.4, 0.5) is 10.1 Å². The second kappa shape index (κ2) is 6.93. The second-order valence-electron chi connectivity index (χ2n) is 5.48. The van der Waals surface area contributed by atoms with Crippen LogP contribution in [0.1, 0.15) is 29.2 Å². The molecule has 0 saturated heterocycles. The van der Waals surface area contributed by atoms with Crippen LogP contribution in [0.25, 0.3) is 6.08 Å². The highest BCUT2D eigenvalue weighted by molar-refractivity contribution is 5.59. The minimum atomic E-state index is -0.294. The number of hydrogen-bond donors (Lipinski definition) is 0. The largest absolute Gasteiger partial charge is 0.341 e. The van der Waals surface area contributed by atoms with Crippen LogP contribution < -0.4 is 4.90 Å². The van der Waals surface area contributed by atoms with Gasteiger partial charge in [-0.1, -0.05) is 31.4 Å². The number of anilines is 1.